The number of methoxy groups -OCH3 is 1. The summed E-state index contributed by atoms with van der Waals surface area (Å²) in [5, 5.41) is 21.8. The Morgan fingerprint density at radius 1 is 0.864 bits per heavy atom. The third kappa shape index (κ3) is 8.44. The van der Waals surface area contributed by atoms with Gasteiger partial charge in [0, 0.05) is 5.56 Å². The Bertz CT molecular complexity index is 1150. The molecule has 2 aliphatic heterocycles. The zero-order valence-corrected chi connectivity index (χ0v) is 26.5. The second-order valence-corrected chi connectivity index (χ2v) is 11.6. The van der Waals surface area contributed by atoms with Gasteiger partial charge in [-0.15, -0.1) is 0 Å². The number of carbonyl (C=O) groups excluding carboxylic acids is 1. The second kappa shape index (κ2) is 17.6. The summed E-state index contributed by atoms with van der Waals surface area (Å²) in [6.07, 6.45) is 5.68. The molecule has 9 nitrogen and oxygen atoms in total. The van der Waals surface area contributed by atoms with Crippen LogP contribution < -0.4 is 14.2 Å². The van der Waals surface area contributed by atoms with E-state index in [1.165, 1.54) is 6.42 Å². The summed E-state index contributed by atoms with van der Waals surface area (Å²) < 4.78 is 36.6. The summed E-state index contributed by atoms with van der Waals surface area (Å²) in [7, 11) is 1.54. The van der Waals surface area contributed by atoms with Crippen LogP contribution in [0.1, 0.15) is 106 Å². The molecule has 0 aliphatic carbocycles. The average molecular weight is 615 g/mol. The van der Waals surface area contributed by atoms with E-state index in [1.54, 1.807) is 13.2 Å². The highest BCUT2D eigenvalue weighted by molar-refractivity contribution is 5.95. The predicted molar refractivity (Wildman–Crippen MR) is 166 cm³/mol. The van der Waals surface area contributed by atoms with Crippen molar-refractivity contribution in [3.05, 3.63) is 53.1 Å². The van der Waals surface area contributed by atoms with E-state index < -0.39 is 43.1 Å². The van der Waals surface area contributed by atoms with Crippen LogP contribution in [0.25, 0.3) is 0 Å². The van der Waals surface area contributed by atoms with E-state index >= 15 is 0 Å². The van der Waals surface area contributed by atoms with E-state index in [0.29, 0.717) is 36.0 Å². The van der Waals surface area contributed by atoms with Crippen LogP contribution in [-0.2, 0) is 20.8 Å². The van der Waals surface area contributed by atoms with Gasteiger partial charge in [0.1, 0.15) is 24.4 Å². The summed E-state index contributed by atoms with van der Waals surface area (Å²) in [5.74, 6) is 0.509. The highest BCUT2D eigenvalue weighted by Crippen LogP contribution is 2.51. The van der Waals surface area contributed by atoms with Gasteiger partial charge in [0.15, 0.2) is 17.6 Å². The minimum Gasteiger partial charge on any atom is -0.490 e. The fraction of sp³-hybridized carbons (Fsp3) is 0.629. The van der Waals surface area contributed by atoms with Gasteiger partial charge in [0.2, 0.25) is 5.75 Å². The number of hydrogen-bond donors (Lipinski definition) is 2. The molecule has 4 rings (SSSR count). The minimum absolute atomic E-state index is 0.198. The molecular formula is C35H50O9. The number of rotatable bonds is 19. The first-order chi connectivity index (χ1) is 21.5. The molecule has 2 aromatic carbocycles. The number of esters is 1. The Morgan fingerprint density at radius 2 is 1.52 bits per heavy atom. The van der Waals surface area contributed by atoms with Gasteiger partial charge in [-0.25, -0.2) is 4.79 Å². The molecule has 0 unspecified atom stereocenters. The fourth-order valence-electron chi connectivity index (χ4n) is 5.89. The van der Waals surface area contributed by atoms with Crippen LogP contribution in [0.3, 0.4) is 0 Å². The lowest BCUT2D eigenvalue weighted by atomic mass is 9.86. The molecule has 0 spiro atoms. The van der Waals surface area contributed by atoms with Crippen molar-refractivity contribution >= 4 is 5.97 Å². The maximum atomic E-state index is 13.5. The highest BCUT2D eigenvalue weighted by atomic mass is 16.6. The first-order valence-corrected chi connectivity index (χ1v) is 16.3. The lowest BCUT2D eigenvalue weighted by Gasteiger charge is -2.46. The van der Waals surface area contributed by atoms with Gasteiger partial charge < -0.3 is 38.6 Å². The van der Waals surface area contributed by atoms with Crippen molar-refractivity contribution in [3.63, 3.8) is 0 Å². The molecule has 1 fully saturated rings. The monoisotopic (exact) mass is 614 g/mol. The summed E-state index contributed by atoms with van der Waals surface area (Å²) in [6.45, 7) is 5.04. The highest BCUT2D eigenvalue weighted by Gasteiger charge is 2.53. The molecule has 5 atom stereocenters. The van der Waals surface area contributed by atoms with Gasteiger partial charge >= 0.3 is 5.97 Å². The number of fused-ring (bicyclic) bond motifs is 3. The van der Waals surface area contributed by atoms with Crippen LogP contribution in [-0.4, -0.2) is 67.5 Å². The van der Waals surface area contributed by atoms with Crippen LogP contribution in [0.15, 0.2) is 36.4 Å². The van der Waals surface area contributed by atoms with Crippen LogP contribution in [0.2, 0.25) is 0 Å². The Morgan fingerprint density at radius 3 is 2.16 bits per heavy atom. The smallest absolute Gasteiger partial charge is 0.339 e. The molecule has 1 saturated heterocycles. The maximum absolute atomic E-state index is 13.5. The number of unbranched alkanes of at least 4 members (excludes halogenated alkanes) is 8. The molecule has 9 heteroatoms. The predicted octanol–water partition coefficient (Wildman–Crippen LogP) is 6.31. The van der Waals surface area contributed by atoms with E-state index in [4.69, 9.17) is 28.4 Å². The first-order valence-electron chi connectivity index (χ1n) is 16.3. The summed E-state index contributed by atoms with van der Waals surface area (Å²) in [6, 6.07) is 11.1. The van der Waals surface area contributed by atoms with Gasteiger partial charge in [-0.3, -0.25) is 0 Å². The van der Waals surface area contributed by atoms with Crippen molar-refractivity contribution in [2.24, 2.45) is 0 Å². The lowest BCUT2D eigenvalue weighted by molar-refractivity contribution is -0.249. The fourth-order valence-corrected chi connectivity index (χ4v) is 5.89. The van der Waals surface area contributed by atoms with Crippen molar-refractivity contribution in [1.29, 1.82) is 0 Å². The third-order valence-corrected chi connectivity index (χ3v) is 8.32. The van der Waals surface area contributed by atoms with E-state index in [2.05, 4.69) is 13.8 Å². The molecule has 0 aromatic heterocycles. The Kier molecular flexibility index (Phi) is 13.6. The second-order valence-electron chi connectivity index (χ2n) is 11.6. The maximum Gasteiger partial charge on any atom is 0.339 e. The molecule has 0 bridgehead atoms. The third-order valence-electron chi connectivity index (χ3n) is 8.32. The Hall–Kier alpha value is -2.85. The normalized spacial score (nSPS) is 22.6. The molecule has 0 amide bonds. The minimum atomic E-state index is -1.25. The summed E-state index contributed by atoms with van der Waals surface area (Å²) in [5.41, 5.74) is 1.58. The number of benzene rings is 2. The van der Waals surface area contributed by atoms with Gasteiger partial charge in [-0.05, 0) is 24.5 Å². The Balaban J connectivity index is 1.61. The number of carbonyl (C=O) groups is 1. The van der Waals surface area contributed by atoms with Crippen LogP contribution in [0, 0.1) is 0 Å². The van der Waals surface area contributed by atoms with Crippen LogP contribution >= 0.6 is 0 Å². The number of hydrogen-bond acceptors (Lipinski definition) is 9. The van der Waals surface area contributed by atoms with Crippen molar-refractivity contribution in [2.45, 2.75) is 115 Å². The van der Waals surface area contributed by atoms with Gasteiger partial charge in [0.25, 0.3) is 0 Å². The Labute approximate surface area is 261 Å². The van der Waals surface area contributed by atoms with Gasteiger partial charge in [-0.1, -0.05) is 95.5 Å². The van der Waals surface area contributed by atoms with E-state index in [9.17, 15) is 15.0 Å². The van der Waals surface area contributed by atoms with Crippen LogP contribution in [0.4, 0.5) is 0 Å². The molecule has 2 N–H and O–H groups in total. The molecule has 244 valence electrons. The zero-order valence-electron chi connectivity index (χ0n) is 26.5. The first kappa shape index (κ1) is 34.0. The topological polar surface area (TPSA) is 113 Å². The van der Waals surface area contributed by atoms with Crippen molar-refractivity contribution in [2.75, 3.05) is 26.9 Å². The van der Waals surface area contributed by atoms with Crippen molar-refractivity contribution in [3.8, 4) is 17.2 Å². The van der Waals surface area contributed by atoms with E-state index in [-0.39, 0.29) is 12.2 Å². The number of aliphatic hydroxyl groups excluding tert-OH is 2. The van der Waals surface area contributed by atoms with Gasteiger partial charge in [0.05, 0.1) is 39.1 Å². The van der Waals surface area contributed by atoms with E-state index in [1.807, 2.05) is 30.3 Å². The average Bonchev–Trinajstić information content (AvgIpc) is 3.04. The quantitative estimate of drug-likeness (QED) is 0.139. The van der Waals surface area contributed by atoms with Crippen molar-refractivity contribution in [1.82, 2.24) is 0 Å². The standard InChI is InChI=1S/C35H50O9/c1-4-6-8-10-15-19-40-26-21-25-28(32(31(26)39-3)41-20-16-11-9-7-5-2)33-34(44-35(25)38)29(37)30(27(22-36)43-33)42-23-24-17-13-12-14-18-24/h12-14,17-18,21,27,29-30,33-34,36-37H,4-11,15-16,19-20,22-23H2,1-3H3/t27-,29+,30-,33+,34-/m1/s1. The number of ether oxygens (including phenoxy) is 6. The molecule has 44 heavy (non-hydrogen) atoms. The van der Waals surface area contributed by atoms with Gasteiger partial charge in [-0.2, -0.15) is 0 Å². The SMILES string of the molecule is CCCCCCCOc1cc2c(c(OCCCCCCC)c1OC)[C@@H]1O[C@H](CO)[C@@H](OCc3ccccc3)[C@H](O)[C@H]1OC2=O. The van der Waals surface area contributed by atoms with Crippen LogP contribution in [0.5, 0.6) is 17.2 Å². The van der Waals surface area contributed by atoms with E-state index in [0.717, 1.165) is 63.4 Å². The molecular weight excluding hydrogens is 564 g/mol. The molecule has 0 radical (unpaired) electrons. The molecule has 0 saturated carbocycles. The zero-order chi connectivity index (χ0) is 31.3. The largest absolute Gasteiger partial charge is 0.490 e. The molecule has 2 aromatic rings. The number of aliphatic hydroxyl groups is 2. The lowest BCUT2D eigenvalue weighted by Crippen LogP contribution is -2.59. The molecule has 2 aliphatic rings. The van der Waals surface area contributed by atoms with Crippen molar-refractivity contribution < 1.29 is 43.4 Å². The summed E-state index contributed by atoms with van der Waals surface area (Å²) in [4.78, 5) is 13.5. The summed E-state index contributed by atoms with van der Waals surface area (Å²) >= 11 is 0. The molecule has 2 heterocycles.